The summed E-state index contributed by atoms with van der Waals surface area (Å²) in [6.45, 7) is 5.03. The Balaban J connectivity index is 1.98. The number of fused-ring (bicyclic) bond motifs is 2. The summed E-state index contributed by atoms with van der Waals surface area (Å²) in [4.78, 5) is 4.59. The standard InChI is InChI=1S/C20H22N4O3S/c1-20(2,3)28(25,26)18-12-24-16(11-21-19(24)9-17(18)27-5)13-6-7-14-10-22-23(4)15(14)8-13/h6-12H,1-5H3. The van der Waals surface area contributed by atoms with Crippen molar-refractivity contribution in [2.75, 3.05) is 7.11 Å². The van der Waals surface area contributed by atoms with Gasteiger partial charge in [0.2, 0.25) is 0 Å². The van der Waals surface area contributed by atoms with Gasteiger partial charge in [-0.15, -0.1) is 0 Å². The van der Waals surface area contributed by atoms with Gasteiger partial charge in [0.1, 0.15) is 16.3 Å². The maximum Gasteiger partial charge on any atom is 0.188 e. The first-order chi connectivity index (χ1) is 13.1. The summed E-state index contributed by atoms with van der Waals surface area (Å²) in [5, 5.41) is 5.31. The van der Waals surface area contributed by atoms with Crippen molar-refractivity contribution in [2.24, 2.45) is 7.05 Å². The van der Waals surface area contributed by atoms with E-state index in [4.69, 9.17) is 4.74 Å². The minimum absolute atomic E-state index is 0.149. The Hall–Kier alpha value is -2.87. The fraction of sp³-hybridized carbons (Fsp3) is 0.300. The third kappa shape index (κ3) is 2.67. The van der Waals surface area contributed by atoms with Crippen LogP contribution in [0.5, 0.6) is 5.75 Å². The van der Waals surface area contributed by atoms with Crippen molar-refractivity contribution in [3.63, 3.8) is 0 Å². The molecule has 0 amide bonds. The van der Waals surface area contributed by atoms with Gasteiger partial charge in [-0.2, -0.15) is 5.10 Å². The van der Waals surface area contributed by atoms with Crippen LogP contribution in [-0.2, 0) is 16.9 Å². The molecular weight excluding hydrogens is 376 g/mol. The largest absolute Gasteiger partial charge is 0.495 e. The molecule has 4 aromatic rings. The fourth-order valence-electron chi connectivity index (χ4n) is 3.20. The maximum atomic E-state index is 13.1. The van der Waals surface area contributed by atoms with Gasteiger partial charge in [-0.25, -0.2) is 13.4 Å². The van der Waals surface area contributed by atoms with Crippen LogP contribution in [0.2, 0.25) is 0 Å². The lowest BCUT2D eigenvalue weighted by Gasteiger charge is -2.21. The van der Waals surface area contributed by atoms with Crippen molar-refractivity contribution in [1.82, 2.24) is 19.2 Å². The quantitative estimate of drug-likeness (QED) is 0.528. The Morgan fingerprint density at radius 3 is 2.54 bits per heavy atom. The Morgan fingerprint density at radius 2 is 1.86 bits per heavy atom. The molecule has 0 atom stereocenters. The molecule has 3 aromatic heterocycles. The van der Waals surface area contributed by atoms with E-state index in [1.54, 1.807) is 48.3 Å². The Morgan fingerprint density at radius 1 is 1.11 bits per heavy atom. The van der Waals surface area contributed by atoms with Gasteiger partial charge in [-0.05, 0) is 26.8 Å². The Kier molecular flexibility index (Phi) is 4.01. The highest BCUT2D eigenvalue weighted by Gasteiger charge is 2.34. The molecule has 0 spiro atoms. The lowest BCUT2D eigenvalue weighted by molar-refractivity contribution is 0.401. The molecule has 0 bridgehead atoms. The van der Waals surface area contributed by atoms with Crippen LogP contribution < -0.4 is 4.74 Å². The zero-order chi connectivity index (χ0) is 20.3. The van der Waals surface area contributed by atoms with Crippen molar-refractivity contribution in [1.29, 1.82) is 0 Å². The fourth-order valence-corrected chi connectivity index (χ4v) is 4.51. The second kappa shape index (κ2) is 6.07. The second-order valence-corrected chi connectivity index (χ2v) is 10.4. The molecule has 8 heteroatoms. The van der Waals surface area contributed by atoms with Crippen LogP contribution in [0.4, 0.5) is 0 Å². The summed E-state index contributed by atoms with van der Waals surface area (Å²) in [6, 6.07) is 7.65. The molecule has 4 rings (SSSR count). The third-order valence-electron chi connectivity index (χ3n) is 4.94. The van der Waals surface area contributed by atoms with E-state index in [0.29, 0.717) is 11.4 Å². The number of methoxy groups -OCH3 is 1. The predicted molar refractivity (Wildman–Crippen MR) is 108 cm³/mol. The van der Waals surface area contributed by atoms with Crippen LogP contribution in [0.25, 0.3) is 27.8 Å². The summed E-state index contributed by atoms with van der Waals surface area (Å²) in [5.41, 5.74) is 3.33. The van der Waals surface area contributed by atoms with Crippen molar-refractivity contribution in [3.8, 4) is 17.0 Å². The smallest absolute Gasteiger partial charge is 0.188 e. The minimum Gasteiger partial charge on any atom is -0.495 e. The topological polar surface area (TPSA) is 78.5 Å². The number of aromatic nitrogens is 4. The van der Waals surface area contributed by atoms with Gasteiger partial charge in [0, 0.05) is 30.3 Å². The monoisotopic (exact) mass is 398 g/mol. The van der Waals surface area contributed by atoms with Gasteiger partial charge in [-0.3, -0.25) is 9.08 Å². The second-order valence-electron chi connectivity index (χ2n) is 7.74. The number of rotatable bonds is 3. The molecule has 0 aliphatic carbocycles. The molecule has 0 unspecified atom stereocenters. The van der Waals surface area contributed by atoms with E-state index in [0.717, 1.165) is 22.2 Å². The van der Waals surface area contributed by atoms with E-state index in [1.165, 1.54) is 7.11 Å². The highest BCUT2D eigenvalue weighted by Crippen LogP contribution is 2.34. The number of sulfone groups is 1. The molecule has 7 nitrogen and oxygen atoms in total. The molecule has 0 fully saturated rings. The van der Waals surface area contributed by atoms with Crippen LogP contribution in [0.15, 0.2) is 47.8 Å². The number of imidazole rings is 1. The first-order valence-corrected chi connectivity index (χ1v) is 10.3. The number of hydrogen-bond donors (Lipinski definition) is 0. The van der Waals surface area contributed by atoms with Crippen LogP contribution in [0, 0.1) is 0 Å². The highest BCUT2D eigenvalue weighted by molar-refractivity contribution is 7.92. The van der Waals surface area contributed by atoms with Gasteiger partial charge in [-0.1, -0.05) is 12.1 Å². The summed E-state index contributed by atoms with van der Waals surface area (Å²) in [5.74, 6) is 0.293. The van der Waals surface area contributed by atoms with Crippen molar-refractivity contribution in [2.45, 2.75) is 30.4 Å². The Bertz CT molecular complexity index is 1310. The van der Waals surface area contributed by atoms with Gasteiger partial charge in [0.25, 0.3) is 0 Å². The van der Waals surface area contributed by atoms with Crippen LogP contribution in [-0.4, -0.2) is 39.4 Å². The van der Waals surface area contributed by atoms with Gasteiger partial charge >= 0.3 is 0 Å². The number of ether oxygens (including phenoxy) is 1. The van der Waals surface area contributed by atoms with E-state index in [9.17, 15) is 8.42 Å². The lowest BCUT2D eigenvalue weighted by atomic mass is 10.1. The molecule has 0 N–H and O–H groups in total. The minimum atomic E-state index is -3.61. The summed E-state index contributed by atoms with van der Waals surface area (Å²) < 4.78 is 34.2. The summed E-state index contributed by atoms with van der Waals surface area (Å²) >= 11 is 0. The molecule has 0 aliphatic heterocycles. The normalized spacial score (nSPS) is 12.8. The molecule has 0 saturated heterocycles. The number of aryl methyl sites for hydroxylation is 1. The highest BCUT2D eigenvalue weighted by atomic mass is 32.2. The molecular formula is C20H22N4O3S. The van der Waals surface area contributed by atoms with Crippen molar-refractivity contribution >= 4 is 26.4 Å². The maximum absolute atomic E-state index is 13.1. The Labute approximate surface area is 163 Å². The van der Waals surface area contributed by atoms with Crippen molar-refractivity contribution in [3.05, 3.63) is 42.9 Å². The molecule has 0 saturated carbocycles. The summed E-state index contributed by atoms with van der Waals surface area (Å²) in [6.07, 6.45) is 5.15. The van der Waals surface area contributed by atoms with E-state index in [1.807, 2.05) is 31.4 Å². The van der Waals surface area contributed by atoms with Crippen LogP contribution in [0.3, 0.4) is 0 Å². The molecule has 1 aromatic carbocycles. The average Bonchev–Trinajstić information content (AvgIpc) is 3.22. The third-order valence-corrected chi connectivity index (χ3v) is 7.43. The first-order valence-electron chi connectivity index (χ1n) is 8.85. The van der Waals surface area contributed by atoms with Gasteiger partial charge in [0.05, 0.1) is 35.5 Å². The molecule has 28 heavy (non-hydrogen) atoms. The zero-order valence-electron chi connectivity index (χ0n) is 16.5. The van der Waals surface area contributed by atoms with Crippen LogP contribution in [0.1, 0.15) is 20.8 Å². The van der Waals surface area contributed by atoms with E-state index in [-0.39, 0.29) is 4.90 Å². The summed E-state index contributed by atoms with van der Waals surface area (Å²) in [7, 11) is -0.253. The van der Waals surface area contributed by atoms with E-state index < -0.39 is 14.6 Å². The van der Waals surface area contributed by atoms with Gasteiger partial charge in [0.15, 0.2) is 9.84 Å². The average molecular weight is 398 g/mol. The predicted octanol–water partition coefficient (Wildman–Crippen LogP) is 3.47. The van der Waals surface area contributed by atoms with E-state index in [2.05, 4.69) is 10.1 Å². The van der Waals surface area contributed by atoms with Gasteiger partial charge < -0.3 is 4.74 Å². The lowest BCUT2D eigenvalue weighted by Crippen LogP contribution is -2.28. The zero-order valence-corrected chi connectivity index (χ0v) is 17.3. The molecule has 0 radical (unpaired) electrons. The van der Waals surface area contributed by atoms with Crippen LogP contribution >= 0.6 is 0 Å². The molecule has 3 heterocycles. The molecule has 146 valence electrons. The molecule has 0 aliphatic rings. The number of benzene rings is 1. The number of hydrogen-bond acceptors (Lipinski definition) is 5. The first kappa shape index (κ1) is 18.5. The number of pyridine rings is 1. The van der Waals surface area contributed by atoms with E-state index >= 15 is 0 Å². The SMILES string of the molecule is COc1cc2ncc(-c3ccc4cnn(C)c4c3)n2cc1S(=O)(=O)C(C)(C)C. The van der Waals surface area contributed by atoms with Crippen molar-refractivity contribution < 1.29 is 13.2 Å². The number of nitrogens with zero attached hydrogens (tertiary/aromatic N) is 4.